The lowest BCUT2D eigenvalue weighted by atomic mass is 9.98. The molecular weight excluding hydrogens is 392 g/mol. The minimum Gasteiger partial charge on any atom is -0.495 e. The quantitative estimate of drug-likeness (QED) is 0.606. The van der Waals surface area contributed by atoms with Crippen molar-refractivity contribution in [2.45, 2.75) is 51.4 Å². The number of halogens is 1. The summed E-state index contributed by atoms with van der Waals surface area (Å²) in [5.41, 5.74) is 1.88. The maximum atomic E-state index is 11.6. The van der Waals surface area contributed by atoms with Crippen LogP contribution in [0.4, 0.5) is 10.5 Å². The van der Waals surface area contributed by atoms with E-state index in [1.807, 2.05) is 57.1 Å². The van der Waals surface area contributed by atoms with Gasteiger partial charge in [-0.25, -0.2) is 4.79 Å². The Balaban J connectivity index is 2.03. The summed E-state index contributed by atoms with van der Waals surface area (Å²) in [5, 5.41) is 13.7. The Labute approximate surface area is 178 Å². The smallest absolute Gasteiger partial charge is 0.409 e. The minimum absolute atomic E-state index is 0.259. The van der Waals surface area contributed by atoms with Crippen LogP contribution in [0.3, 0.4) is 0 Å². The highest BCUT2D eigenvalue weighted by Crippen LogP contribution is 2.35. The molecule has 1 heterocycles. The van der Waals surface area contributed by atoms with E-state index in [0.29, 0.717) is 30.0 Å². The predicted molar refractivity (Wildman–Crippen MR) is 117 cm³/mol. The number of hydrogen-bond donors (Lipinski definition) is 2. The molecule has 0 radical (unpaired) electrons. The fourth-order valence-electron chi connectivity index (χ4n) is 3.29. The highest BCUT2D eigenvalue weighted by molar-refractivity contribution is 6.34. The van der Waals surface area contributed by atoms with Gasteiger partial charge in [0.1, 0.15) is 22.6 Å². The summed E-state index contributed by atoms with van der Waals surface area (Å²) in [6, 6.07) is 4.00. The number of cyclic esters (lactones) is 1. The molecule has 1 amide bonds. The lowest BCUT2D eigenvalue weighted by molar-refractivity contribution is -0.0712. The predicted octanol–water partition coefficient (Wildman–Crippen LogP) is 4.45. The summed E-state index contributed by atoms with van der Waals surface area (Å²) in [5.74, 6) is 0.652. The zero-order valence-corrected chi connectivity index (χ0v) is 18.5. The number of ether oxygens (including phenoxy) is 2. The molecule has 1 aromatic carbocycles. The van der Waals surface area contributed by atoms with Gasteiger partial charge < -0.3 is 19.5 Å². The van der Waals surface area contributed by atoms with Crippen LogP contribution in [0.2, 0.25) is 5.02 Å². The van der Waals surface area contributed by atoms with E-state index in [9.17, 15) is 9.90 Å². The van der Waals surface area contributed by atoms with Gasteiger partial charge in [-0.15, -0.1) is 0 Å². The molecule has 1 saturated heterocycles. The number of allylic oxidation sites excluding steroid dienone is 3. The summed E-state index contributed by atoms with van der Waals surface area (Å²) in [7, 11) is 5.50. The Morgan fingerprint density at radius 2 is 2.21 bits per heavy atom. The summed E-state index contributed by atoms with van der Waals surface area (Å²) in [4.78, 5) is 13.5. The molecule has 1 aliphatic rings. The molecule has 1 aliphatic heterocycles. The van der Waals surface area contributed by atoms with Crippen molar-refractivity contribution >= 4 is 23.4 Å². The van der Waals surface area contributed by atoms with E-state index < -0.39 is 11.8 Å². The first-order valence-electron chi connectivity index (χ1n) is 9.74. The molecule has 0 unspecified atom stereocenters. The first-order chi connectivity index (χ1) is 13.7. The number of alkyl carbamates (subject to hydrolysis) is 1. The maximum Gasteiger partial charge on any atom is 0.409 e. The van der Waals surface area contributed by atoms with Crippen LogP contribution >= 0.6 is 11.6 Å². The standard InChI is InChI=1S/C22H31ClN2O4/c1-6-17-14-22(27,24-21(26)29-17)10-8-7-9-15(2)11-16-12-18(25(3)4)20(23)19(13-16)28-5/h7-9,12-13,17,27H,6,10-11,14H2,1-5H3,(H,24,26)/b8-7+,15-9+/t17-,22-/m1/s1. The van der Waals surface area contributed by atoms with E-state index >= 15 is 0 Å². The van der Waals surface area contributed by atoms with Crippen molar-refractivity contribution in [2.75, 3.05) is 26.1 Å². The molecule has 7 heteroatoms. The van der Waals surface area contributed by atoms with Crippen LogP contribution in [0.15, 0.2) is 35.9 Å². The molecule has 1 fully saturated rings. The Hall–Kier alpha value is -2.18. The molecule has 0 bridgehead atoms. The molecule has 2 rings (SSSR count). The van der Waals surface area contributed by atoms with Crippen LogP contribution in [0.25, 0.3) is 0 Å². The molecule has 1 aromatic rings. The number of nitrogens with zero attached hydrogens (tertiary/aromatic N) is 1. The Morgan fingerprint density at radius 3 is 2.83 bits per heavy atom. The first-order valence-corrected chi connectivity index (χ1v) is 10.1. The van der Waals surface area contributed by atoms with E-state index in [-0.39, 0.29) is 6.10 Å². The lowest BCUT2D eigenvalue weighted by Gasteiger charge is -2.36. The highest BCUT2D eigenvalue weighted by Gasteiger charge is 2.37. The van der Waals surface area contributed by atoms with E-state index in [0.717, 1.165) is 23.2 Å². The minimum atomic E-state index is -1.27. The number of carbonyl (C=O) groups excluding carboxylic acids is 1. The van der Waals surface area contributed by atoms with Gasteiger partial charge in [-0.3, -0.25) is 5.32 Å². The average molecular weight is 423 g/mol. The number of methoxy groups -OCH3 is 1. The number of carbonyl (C=O) groups is 1. The fraction of sp³-hybridized carbons (Fsp3) is 0.500. The van der Waals surface area contributed by atoms with E-state index in [1.165, 1.54) is 0 Å². The summed E-state index contributed by atoms with van der Waals surface area (Å²) in [6.07, 6.45) is 7.04. The number of anilines is 1. The van der Waals surface area contributed by atoms with Gasteiger partial charge in [-0.05, 0) is 37.5 Å². The second kappa shape index (κ2) is 10.0. The molecule has 0 saturated carbocycles. The third kappa shape index (κ3) is 6.41. The van der Waals surface area contributed by atoms with Crippen LogP contribution in [-0.4, -0.2) is 44.2 Å². The summed E-state index contributed by atoms with van der Waals surface area (Å²) >= 11 is 6.38. The third-order valence-corrected chi connectivity index (χ3v) is 5.25. The largest absolute Gasteiger partial charge is 0.495 e. The van der Waals surface area contributed by atoms with Crippen molar-refractivity contribution in [3.05, 3.63) is 46.5 Å². The molecule has 29 heavy (non-hydrogen) atoms. The van der Waals surface area contributed by atoms with Crippen LogP contribution in [-0.2, 0) is 11.2 Å². The van der Waals surface area contributed by atoms with Crippen LogP contribution in [0, 0.1) is 0 Å². The monoisotopic (exact) mass is 422 g/mol. The molecule has 0 spiro atoms. The first kappa shape index (κ1) is 23.1. The van der Waals surface area contributed by atoms with E-state index in [4.69, 9.17) is 21.1 Å². The van der Waals surface area contributed by atoms with Crippen molar-refractivity contribution in [2.24, 2.45) is 0 Å². The van der Waals surface area contributed by atoms with Crippen LogP contribution < -0.4 is 15.0 Å². The number of nitrogens with one attached hydrogen (secondary N) is 1. The summed E-state index contributed by atoms with van der Waals surface area (Å²) in [6.45, 7) is 3.97. The van der Waals surface area contributed by atoms with Gasteiger partial charge in [0.25, 0.3) is 0 Å². The highest BCUT2D eigenvalue weighted by atomic mass is 35.5. The van der Waals surface area contributed by atoms with Crippen molar-refractivity contribution in [3.63, 3.8) is 0 Å². The normalized spacial score (nSPS) is 22.4. The third-order valence-electron chi connectivity index (χ3n) is 4.87. The van der Waals surface area contributed by atoms with Crippen LogP contribution in [0.1, 0.15) is 38.7 Å². The van der Waals surface area contributed by atoms with Gasteiger partial charge in [-0.1, -0.05) is 42.3 Å². The second-order valence-electron chi connectivity index (χ2n) is 7.64. The topological polar surface area (TPSA) is 71.0 Å². The zero-order valence-electron chi connectivity index (χ0n) is 17.8. The second-order valence-corrected chi connectivity index (χ2v) is 8.02. The molecule has 2 atom stereocenters. The molecular formula is C22H31ClN2O4. The Bertz CT molecular complexity index is 791. The van der Waals surface area contributed by atoms with Gasteiger partial charge >= 0.3 is 6.09 Å². The Morgan fingerprint density at radius 1 is 1.48 bits per heavy atom. The molecule has 160 valence electrons. The van der Waals surface area contributed by atoms with Gasteiger partial charge in [0.05, 0.1) is 12.8 Å². The molecule has 0 aromatic heterocycles. The molecule has 6 nitrogen and oxygen atoms in total. The Kier molecular flexibility index (Phi) is 7.99. The van der Waals surface area contributed by atoms with Crippen molar-refractivity contribution in [1.82, 2.24) is 5.32 Å². The van der Waals surface area contributed by atoms with Crippen molar-refractivity contribution < 1.29 is 19.4 Å². The average Bonchev–Trinajstić information content (AvgIpc) is 2.65. The SMILES string of the molecule is CC[C@@H]1C[C@](O)(C/C=C/C=C(\C)Cc2cc(OC)c(Cl)c(N(C)C)c2)NC(=O)O1. The van der Waals surface area contributed by atoms with Crippen molar-refractivity contribution in [3.8, 4) is 5.75 Å². The fourth-order valence-corrected chi connectivity index (χ4v) is 3.65. The van der Waals surface area contributed by atoms with Gasteiger partial charge in [-0.2, -0.15) is 0 Å². The maximum absolute atomic E-state index is 11.6. The number of amides is 1. The van der Waals surface area contributed by atoms with E-state index in [1.54, 1.807) is 7.11 Å². The van der Waals surface area contributed by atoms with Gasteiger partial charge in [0.2, 0.25) is 0 Å². The zero-order chi connectivity index (χ0) is 21.6. The van der Waals surface area contributed by atoms with Gasteiger partial charge in [0.15, 0.2) is 0 Å². The number of hydrogen-bond acceptors (Lipinski definition) is 5. The number of benzene rings is 1. The van der Waals surface area contributed by atoms with Crippen molar-refractivity contribution in [1.29, 1.82) is 0 Å². The summed E-state index contributed by atoms with van der Waals surface area (Å²) < 4.78 is 10.5. The van der Waals surface area contributed by atoms with Crippen LogP contribution in [0.5, 0.6) is 5.75 Å². The number of aliphatic hydroxyl groups is 1. The molecule has 0 aliphatic carbocycles. The number of rotatable bonds is 8. The lowest BCUT2D eigenvalue weighted by Crippen LogP contribution is -2.55. The van der Waals surface area contributed by atoms with E-state index in [2.05, 4.69) is 11.4 Å². The van der Waals surface area contributed by atoms with Gasteiger partial charge in [0, 0.05) is 26.9 Å². The molecule has 2 N–H and O–H groups in total.